The van der Waals surface area contributed by atoms with Crippen LogP contribution in [0.1, 0.15) is 10.8 Å². The topological polar surface area (TPSA) is 68.0 Å². The fourth-order valence-corrected chi connectivity index (χ4v) is 3.35. The smallest absolute Gasteiger partial charge is 0.322 e. The van der Waals surface area contributed by atoms with Crippen molar-refractivity contribution in [2.45, 2.75) is 11.3 Å². The molecule has 0 radical (unpaired) electrons. The summed E-state index contributed by atoms with van der Waals surface area (Å²) in [5.41, 5.74) is 0. The van der Waals surface area contributed by atoms with Crippen LogP contribution in [0, 0.1) is 0 Å². The number of benzene rings is 1. The van der Waals surface area contributed by atoms with Crippen LogP contribution in [0.2, 0.25) is 0 Å². The second-order valence-corrected chi connectivity index (χ2v) is 6.90. The van der Waals surface area contributed by atoms with E-state index in [1.165, 1.54) is 11.0 Å². The van der Waals surface area contributed by atoms with Gasteiger partial charge in [-0.3, -0.25) is 10.1 Å². The molecule has 0 aliphatic carbocycles. The summed E-state index contributed by atoms with van der Waals surface area (Å²) in [6.07, 6.45) is 3.84. The molecule has 0 saturated heterocycles. The molecular weight excluding hydrogens is 342 g/mol. The first-order valence-electron chi connectivity index (χ1n) is 7.32. The van der Waals surface area contributed by atoms with Crippen LogP contribution in [0.15, 0.2) is 63.2 Å². The monoisotopic (exact) mass is 357 g/mol. The molecule has 0 saturated carbocycles. The number of hydrogen-bond donors (Lipinski definition) is 1. The van der Waals surface area contributed by atoms with E-state index in [0.29, 0.717) is 12.3 Å². The Hall–Kier alpha value is -2.38. The van der Waals surface area contributed by atoms with E-state index in [9.17, 15) is 4.79 Å². The molecule has 0 spiro atoms. The van der Waals surface area contributed by atoms with Crippen LogP contribution in [-0.4, -0.2) is 21.9 Å². The first-order valence-corrected chi connectivity index (χ1v) is 9.19. The standard InChI is InChI=1S/C17H15N3O2S2/c21-15(9-8-14-7-4-11-23-14)18-17-20-19-16(22-17)10-12-24-13-5-2-1-3-6-13/h1-9,11H,10,12H2,(H,18,20,21)/b9-8+. The highest BCUT2D eigenvalue weighted by Crippen LogP contribution is 2.18. The zero-order chi connectivity index (χ0) is 16.6. The van der Waals surface area contributed by atoms with Crippen molar-refractivity contribution in [3.63, 3.8) is 0 Å². The Bertz CT molecular complexity index is 798. The maximum absolute atomic E-state index is 11.8. The summed E-state index contributed by atoms with van der Waals surface area (Å²) < 4.78 is 5.43. The number of thioether (sulfide) groups is 1. The lowest BCUT2D eigenvalue weighted by Gasteiger charge is -1.98. The van der Waals surface area contributed by atoms with Crippen LogP contribution in [0.3, 0.4) is 0 Å². The molecular formula is C17H15N3O2S2. The van der Waals surface area contributed by atoms with E-state index in [0.717, 1.165) is 10.6 Å². The molecule has 2 heterocycles. The normalized spacial score (nSPS) is 11.0. The van der Waals surface area contributed by atoms with Gasteiger partial charge >= 0.3 is 6.01 Å². The van der Waals surface area contributed by atoms with Gasteiger partial charge in [0.1, 0.15) is 0 Å². The molecule has 3 rings (SSSR count). The number of hydrogen-bond acceptors (Lipinski definition) is 6. The average Bonchev–Trinajstić information content (AvgIpc) is 3.26. The number of carbonyl (C=O) groups excluding carboxylic acids is 1. The molecule has 1 aromatic carbocycles. The number of nitrogens with zero attached hydrogens (tertiary/aromatic N) is 2. The third kappa shape index (κ3) is 5.07. The van der Waals surface area contributed by atoms with Crippen LogP contribution in [-0.2, 0) is 11.2 Å². The van der Waals surface area contributed by atoms with Gasteiger partial charge in [-0.2, -0.15) is 0 Å². The van der Waals surface area contributed by atoms with E-state index >= 15 is 0 Å². The molecule has 2 aromatic heterocycles. The van der Waals surface area contributed by atoms with E-state index < -0.39 is 0 Å². The lowest BCUT2D eigenvalue weighted by Crippen LogP contribution is -2.07. The Morgan fingerprint density at radius 3 is 2.88 bits per heavy atom. The van der Waals surface area contributed by atoms with Crippen molar-refractivity contribution >= 4 is 41.1 Å². The van der Waals surface area contributed by atoms with Gasteiger partial charge in [-0.05, 0) is 29.7 Å². The molecule has 24 heavy (non-hydrogen) atoms. The highest BCUT2D eigenvalue weighted by atomic mass is 32.2. The van der Waals surface area contributed by atoms with Crippen molar-refractivity contribution in [2.75, 3.05) is 11.1 Å². The SMILES string of the molecule is O=C(/C=C/c1cccs1)Nc1nnc(CCSc2ccccc2)o1. The van der Waals surface area contributed by atoms with E-state index in [1.54, 1.807) is 29.2 Å². The summed E-state index contributed by atoms with van der Waals surface area (Å²) in [5, 5.41) is 12.3. The summed E-state index contributed by atoms with van der Waals surface area (Å²) in [6.45, 7) is 0. The molecule has 0 aliphatic rings. The molecule has 0 unspecified atom stereocenters. The van der Waals surface area contributed by atoms with Crippen molar-refractivity contribution < 1.29 is 9.21 Å². The van der Waals surface area contributed by atoms with Gasteiger partial charge in [-0.15, -0.1) is 28.2 Å². The predicted octanol–water partition coefficient (Wildman–Crippen LogP) is 4.12. The van der Waals surface area contributed by atoms with Crippen molar-refractivity contribution in [2.24, 2.45) is 0 Å². The predicted molar refractivity (Wildman–Crippen MR) is 97.2 cm³/mol. The van der Waals surface area contributed by atoms with Crippen molar-refractivity contribution in [3.05, 3.63) is 64.7 Å². The van der Waals surface area contributed by atoms with Gasteiger partial charge in [-0.25, -0.2) is 0 Å². The summed E-state index contributed by atoms with van der Waals surface area (Å²) in [4.78, 5) is 14.0. The first kappa shape index (κ1) is 16.5. The largest absolute Gasteiger partial charge is 0.408 e. The van der Waals surface area contributed by atoms with Gasteiger partial charge in [0, 0.05) is 28.0 Å². The van der Waals surface area contributed by atoms with Crippen LogP contribution in [0.5, 0.6) is 0 Å². The van der Waals surface area contributed by atoms with Crippen LogP contribution in [0.25, 0.3) is 6.08 Å². The van der Waals surface area contributed by atoms with E-state index in [1.807, 2.05) is 35.7 Å². The third-order valence-corrected chi connectivity index (χ3v) is 4.82. The summed E-state index contributed by atoms with van der Waals surface area (Å²) in [6, 6.07) is 14.1. The molecule has 7 heteroatoms. The van der Waals surface area contributed by atoms with E-state index in [2.05, 4.69) is 27.6 Å². The second kappa shape index (κ2) is 8.47. The molecule has 0 fully saturated rings. The highest BCUT2D eigenvalue weighted by molar-refractivity contribution is 7.99. The second-order valence-electron chi connectivity index (χ2n) is 4.75. The van der Waals surface area contributed by atoms with Crippen LogP contribution >= 0.6 is 23.1 Å². The van der Waals surface area contributed by atoms with Crippen molar-refractivity contribution in [3.8, 4) is 0 Å². The van der Waals surface area contributed by atoms with Gasteiger partial charge in [-0.1, -0.05) is 29.4 Å². The number of aryl methyl sites for hydroxylation is 1. The summed E-state index contributed by atoms with van der Waals surface area (Å²) >= 11 is 3.28. The molecule has 0 bridgehead atoms. The lowest BCUT2D eigenvalue weighted by molar-refractivity contribution is -0.112. The molecule has 1 N–H and O–H groups in total. The first-order chi connectivity index (χ1) is 11.8. The van der Waals surface area contributed by atoms with Gasteiger partial charge < -0.3 is 4.42 Å². The minimum absolute atomic E-state index is 0.121. The molecule has 0 aliphatic heterocycles. The molecule has 1 amide bonds. The summed E-state index contributed by atoms with van der Waals surface area (Å²) in [5.74, 6) is 1.05. The zero-order valence-electron chi connectivity index (χ0n) is 12.7. The number of aromatic nitrogens is 2. The van der Waals surface area contributed by atoms with Gasteiger partial charge in [0.05, 0.1) is 0 Å². The number of nitrogens with one attached hydrogen (secondary N) is 1. The van der Waals surface area contributed by atoms with Gasteiger partial charge in [0.2, 0.25) is 5.89 Å². The van der Waals surface area contributed by atoms with Crippen molar-refractivity contribution in [1.82, 2.24) is 10.2 Å². The van der Waals surface area contributed by atoms with E-state index in [4.69, 9.17) is 4.42 Å². The molecule has 3 aromatic rings. The minimum atomic E-state index is -0.294. The fraction of sp³-hybridized carbons (Fsp3) is 0.118. The Morgan fingerprint density at radius 2 is 2.08 bits per heavy atom. The zero-order valence-corrected chi connectivity index (χ0v) is 14.3. The van der Waals surface area contributed by atoms with Crippen LogP contribution in [0.4, 0.5) is 6.01 Å². The number of rotatable bonds is 7. The number of amides is 1. The van der Waals surface area contributed by atoms with Crippen LogP contribution < -0.4 is 5.32 Å². The number of thiophene rings is 1. The van der Waals surface area contributed by atoms with Gasteiger partial charge in [0.15, 0.2) is 0 Å². The minimum Gasteiger partial charge on any atom is -0.408 e. The fourth-order valence-electron chi connectivity index (χ4n) is 1.87. The molecule has 0 atom stereocenters. The number of carbonyl (C=O) groups is 1. The maximum atomic E-state index is 11.8. The average molecular weight is 357 g/mol. The third-order valence-electron chi connectivity index (χ3n) is 2.97. The quantitative estimate of drug-likeness (QED) is 0.509. The maximum Gasteiger partial charge on any atom is 0.322 e. The molecule has 5 nitrogen and oxygen atoms in total. The lowest BCUT2D eigenvalue weighted by atomic mass is 10.4. The Morgan fingerprint density at radius 1 is 1.21 bits per heavy atom. The van der Waals surface area contributed by atoms with Crippen molar-refractivity contribution in [1.29, 1.82) is 0 Å². The van der Waals surface area contributed by atoms with Gasteiger partial charge in [0.25, 0.3) is 5.91 Å². The Kier molecular flexibility index (Phi) is 5.81. The summed E-state index contributed by atoms with van der Waals surface area (Å²) in [7, 11) is 0. The Labute approximate surface area is 147 Å². The highest BCUT2D eigenvalue weighted by Gasteiger charge is 2.08. The van der Waals surface area contributed by atoms with E-state index in [-0.39, 0.29) is 11.9 Å². The molecule has 122 valence electrons. The Balaban J connectivity index is 1.45. The number of anilines is 1.